The van der Waals surface area contributed by atoms with Crippen LogP contribution in [-0.2, 0) is 14.3 Å². The summed E-state index contributed by atoms with van der Waals surface area (Å²) in [6, 6.07) is 13.8. The molecule has 0 aromatic heterocycles. The number of halogens is 1. The largest absolute Gasteiger partial charge is 0.454 e. The molecule has 0 saturated heterocycles. The quantitative estimate of drug-likeness (QED) is 0.743. The fourth-order valence-corrected chi connectivity index (χ4v) is 2.27. The maximum atomic E-state index is 12.0. The van der Waals surface area contributed by atoms with Gasteiger partial charge in [-0.3, -0.25) is 9.59 Å². The van der Waals surface area contributed by atoms with Gasteiger partial charge in [-0.1, -0.05) is 29.8 Å². The van der Waals surface area contributed by atoms with Crippen molar-refractivity contribution in [3.05, 3.63) is 64.7 Å². The summed E-state index contributed by atoms with van der Waals surface area (Å²) >= 11 is 5.84. The Morgan fingerprint density at radius 3 is 2.56 bits per heavy atom. The number of benzene rings is 2. The van der Waals surface area contributed by atoms with Crippen LogP contribution in [0.2, 0.25) is 5.02 Å². The van der Waals surface area contributed by atoms with Crippen molar-refractivity contribution in [1.29, 1.82) is 5.26 Å². The molecule has 2 N–H and O–H groups in total. The molecule has 0 aliphatic carbocycles. The van der Waals surface area contributed by atoms with Crippen LogP contribution in [0.3, 0.4) is 0 Å². The molecular weight excluding hydrogens is 370 g/mol. The number of ether oxygens (including phenoxy) is 1. The van der Waals surface area contributed by atoms with Crippen molar-refractivity contribution in [2.24, 2.45) is 0 Å². The van der Waals surface area contributed by atoms with Gasteiger partial charge >= 0.3 is 5.97 Å². The van der Waals surface area contributed by atoms with Crippen LogP contribution in [0.4, 0.5) is 5.69 Å². The number of nitriles is 1. The average Bonchev–Trinajstić information content (AvgIpc) is 2.66. The Morgan fingerprint density at radius 1 is 1.19 bits per heavy atom. The van der Waals surface area contributed by atoms with Crippen LogP contribution in [-0.4, -0.2) is 30.4 Å². The third-order valence-electron chi connectivity index (χ3n) is 3.46. The van der Waals surface area contributed by atoms with E-state index in [1.165, 1.54) is 25.1 Å². The highest BCUT2D eigenvalue weighted by Crippen LogP contribution is 2.20. The first-order chi connectivity index (χ1) is 12.9. The number of anilines is 1. The molecule has 2 aromatic carbocycles. The van der Waals surface area contributed by atoms with E-state index < -0.39 is 30.4 Å². The SMILES string of the molecule is CC(NC(=O)c1ccccc1)C(=O)OCC(=O)Nc1cc(Cl)ccc1C#N. The molecule has 0 saturated carbocycles. The highest BCUT2D eigenvalue weighted by atomic mass is 35.5. The molecule has 0 fully saturated rings. The second kappa shape index (κ2) is 9.36. The van der Waals surface area contributed by atoms with Gasteiger partial charge in [0.05, 0.1) is 11.3 Å². The summed E-state index contributed by atoms with van der Waals surface area (Å²) in [7, 11) is 0. The fourth-order valence-electron chi connectivity index (χ4n) is 2.09. The molecule has 2 rings (SSSR count). The molecule has 1 unspecified atom stereocenters. The first-order valence-electron chi connectivity index (χ1n) is 7.92. The Labute approximate surface area is 160 Å². The van der Waals surface area contributed by atoms with Crippen molar-refractivity contribution in [2.45, 2.75) is 13.0 Å². The summed E-state index contributed by atoms with van der Waals surface area (Å²) in [6.07, 6.45) is 0. The molecule has 8 heteroatoms. The predicted octanol–water partition coefficient (Wildman–Crippen LogP) is 2.51. The number of nitrogens with one attached hydrogen (secondary N) is 2. The van der Waals surface area contributed by atoms with Crippen LogP contribution in [0.5, 0.6) is 0 Å². The molecule has 0 spiro atoms. The normalized spacial score (nSPS) is 11.0. The van der Waals surface area contributed by atoms with Crippen LogP contribution < -0.4 is 10.6 Å². The molecular formula is C19H16ClN3O4. The second-order valence-corrected chi connectivity index (χ2v) is 5.96. The molecule has 27 heavy (non-hydrogen) atoms. The van der Waals surface area contributed by atoms with Gasteiger partial charge in [0, 0.05) is 10.6 Å². The number of hydrogen-bond acceptors (Lipinski definition) is 5. The summed E-state index contributed by atoms with van der Waals surface area (Å²) in [5, 5.41) is 14.3. The zero-order chi connectivity index (χ0) is 19.8. The molecule has 2 aromatic rings. The maximum Gasteiger partial charge on any atom is 0.328 e. The van der Waals surface area contributed by atoms with Crippen LogP contribution in [0.15, 0.2) is 48.5 Å². The van der Waals surface area contributed by atoms with Crippen molar-refractivity contribution >= 4 is 35.1 Å². The van der Waals surface area contributed by atoms with E-state index >= 15 is 0 Å². The molecule has 7 nitrogen and oxygen atoms in total. The topological polar surface area (TPSA) is 108 Å². The van der Waals surface area contributed by atoms with Crippen LogP contribution in [0.1, 0.15) is 22.8 Å². The van der Waals surface area contributed by atoms with E-state index in [1.807, 2.05) is 6.07 Å². The Kier molecular flexibility index (Phi) is 6.92. The van der Waals surface area contributed by atoms with E-state index in [1.54, 1.807) is 30.3 Å². The number of amides is 2. The van der Waals surface area contributed by atoms with Gasteiger partial charge in [-0.05, 0) is 37.3 Å². The second-order valence-electron chi connectivity index (χ2n) is 5.52. The van der Waals surface area contributed by atoms with Gasteiger partial charge in [-0.25, -0.2) is 4.79 Å². The van der Waals surface area contributed by atoms with E-state index in [-0.39, 0.29) is 11.3 Å². The molecule has 0 bridgehead atoms. The smallest absolute Gasteiger partial charge is 0.328 e. The number of hydrogen-bond donors (Lipinski definition) is 2. The van der Waals surface area contributed by atoms with Gasteiger partial charge in [-0.15, -0.1) is 0 Å². The molecule has 0 radical (unpaired) electrons. The lowest BCUT2D eigenvalue weighted by Crippen LogP contribution is -2.40. The average molecular weight is 386 g/mol. The number of carbonyl (C=O) groups excluding carboxylic acids is 3. The third kappa shape index (κ3) is 5.83. The van der Waals surface area contributed by atoms with E-state index in [2.05, 4.69) is 10.6 Å². The number of carbonyl (C=O) groups is 3. The van der Waals surface area contributed by atoms with Crippen LogP contribution in [0.25, 0.3) is 0 Å². The van der Waals surface area contributed by atoms with E-state index in [9.17, 15) is 14.4 Å². The van der Waals surface area contributed by atoms with Crippen molar-refractivity contribution in [2.75, 3.05) is 11.9 Å². The molecule has 138 valence electrons. The first kappa shape index (κ1) is 19.9. The first-order valence-corrected chi connectivity index (χ1v) is 8.30. The minimum absolute atomic E-state index is 0.219. The fraction of sp³-hybridized carbons (Fsp3) is 0.158. The zero-order valence-electron chi connectivity index (χ0n) is 14.4. The van der Waals surface area contributed by atoms with Gasteiger partial charge in [0.25, 0.3) is 11.8 Å². The Balaban J connectivity index is 1.86. The highest BCUT2D eigenvalue weighted by molar-refractivity contribution is 6.31. The Bertz CT molecular complexity index is 894. The summed E-state index contributed by atoms with van der Waals surface area (Å²) < 4.78 is 4.90. The lowest BCUT2D eigenvalue weighted by atomic mass is 10.2. The van der Waals surface area contributed by atoms with Gasteiger partial charge in [-0.2, -0.15) is 5.26 Å². The molecule has 0 aliphatic heterocycles. The van der Waals surface area contributed by atoms with Gasteiger partial charge < -0.3 is 15.4 Å². The Hall–Kier alpha value is -3.37. The molecule has 2 amide bonds. The lowest BCUT2D eigenvalue weighted by molar-refractivity contribution is -0.148. The molecule has 0 aliphatic rings. The van der Waals surface area contributed by atoms with Crippen LogP contribution >= 0.6 is 11.6 Å². The molecule has 0 heterocycles. The van der Waals surface area contributed by atoms with E-state index in [4.69, 9.17) is 21.6 Å². The predicted molar refractivity (Wildman–Crippen MR) is 99.1 cm³/mol. The monoisotopic (exact) mass is 385 g/mol. The third-order valence-corrected chi connectivity index (χ3v) is 3.69. The Morgan fingerprint density at radius 2 is 1.89 bits per heavy atom. The lowest BCUT2D eigenvalue weighted by Gasteiger charge is -2.13. The number of rotatable bonds is 6. The minimum atomic E-state index is -0.939. The molecule has 1 atom stereocenters. The summed E-state index contributed by atoms with van der Waals surface area (Å²) in [4.78, 5) is 35.9. The van der Waals surface area contributed by atoms with Gasteiger partial charge in [0.1, 0.15) is 12.1 Å². The van der Waals surface area contributed by atoms with Crippen LogP contribution in [0, 0.1) is 11.3 Å². The van der Waals surface area contributed by atoms with Crippen molar-refractivity contribution < 1.29 is 19.1 Å². The van der Waals surface area contributed by atoms with Gasteiger partial charge in [0.15, 0.2) is 6.61 Å². The maximum absolute atomic E-state index is 12.0. The highest BCUT2D eigenvalue weighted by Gasteiger charge is 2.19. The minimum Gasteiger partial charge on any atom is -0.454 e. The van der Waals surface area contributed by atoms with E-state index in [0.29, 0.717) is 10.6 Å². The summed E-state index contributed by atoms with van der Waals surface area (Å²) in [6.45, 7) is 0.883. The van der Waals surface area contributed by atoms with Crippen molar-refractivity contribution in [1.82, 2.24) is 5.32 Å². The van der Waals surface area contributed by atoms with E-state index in [0.717, 1.165) is 0 Å². The van der Waals surface area contributed by atoms with Crippen molar-refractivity contribution in [3.63, 3.8) is 0 Å². The van der Waals surface area contributed by atoms with Crippen molar-refractivity contribution in [3.8, 4) is 6.07 Å². The number of nitrogens with zero attached hydrogens (tertiary/aromatic N) is 1. The van der Waals surface area contributed by atoms with Gasteiger partial charge in [0.2, 0.25) is 0 Å². The zero-order valence-corrected chi connectivity index (χ0v) is 15.1. The summed E-state index contributed by atoms with van der Waals surface area (Å²) in [5.74, 6) is -1.83. The standard InChI is InChI=1S/C19H16ClN3O4/c1-12(22-18(25)13-5-3-2-4-6-13)19(26)27-11-17(24)23-16-9-15(20)8-7-14(16)10-21/h2-9,12H,11H2,1H3,(H,22,25)(H,23,24). The number of esters is 1. The summed E-state index contributed by atoms with van der Waals surface area (Å²) in [5.41, 5.74) is 0.846.